The highest BCUT2D eigenvalue weighted by molar-refractivity contribution is 6.42. The van der Waals surface area contributed by atoms with Crippen LogP contribution in [0, 0.1) is 6.92 Å². The van der Waals surface area contributed by atoms with Gasteiger partial charge in [0.1, 0.15) is 5.82 Å². The Bertz CT molecular complexity index is 1230. The van der Waals surface area contributed by atoms with E-state index >= 15 is 0 Å². The number of amides is 1. The van der Waals surface area contributed by atoms with Gasteiger partial charge in [0.25, 0.3) is 5.91 Å². The van der Waals surface area contributed by atoms with Crippen LogP contribution in [0.25, 0.3) is 0 Å². The highest BCUT2D eigenvalue weighted by Crippen LogP contribution is 2.32. The minimum absolute atomic E-state index is 0.276. The van der Waals surface area contributed by atoms with Crippen molar-refractivity contribution in [2.75, 3.05) is 23.3 Å². The molecule has 4 rings (SSSR count). The summed E-state index contributed by atoms with van der Waals surface area (Å²) in [4.78, 5) is 35.5. The molecule has 0 saturated carbocycles. The summed E-state index contributed by atoms with van der Waals surface area (Å²) in [5.41, 5.74) is 2.69. The third-order valence-corrected chi connectivity index (χ3v) is 6.21. The first-order chi connectivity index (χ1) is 16.3. The van der Waals surface area contributed by atoms with Crippen LogP contribution in [0.4, 0.5) is 11.5 Å². The highest BCUT2D eigenvalue weighted by atomic mass is 35.5. The molecule has 7 nitrogen and oxygen atoms in total. The van der Waals surface area contributed by atoms with Gasteiger partial charge in [0, 0.05) is 37.7 Å². The second-order valence-electron chi connectivity index (χ2n) is 8.12. The van der Waals surface area contributed by atoms with Crippen molar-refractivity contribution in [3.63, 3.8) is 0 Å². The van der Waals surface area contributed by atoms with Crippen molar-refractivity contribution < 1.29 is 14.3 Å². The summed E-state index contributed by atoms with van der Waals surface area (Å²) >= 11 is 11.9. The molecule has 34 heavy (non-hydrogen) atoms. The van der Waals surface area contributed by atoms with E-state index in [1.165, 1.54) is 13.0 Å². The molecule has 0 bridgehead atoms. The number of aromatic nitrogens is 2. The lowest BCUT2D eigenvalue weighted by Crippen LogP contribution is -2.22. The topological polar surface area (TPSA) is 84.4 Å². The highest BCUT2D eigenvalue weighted by Gasteiger charge is 2.23. The van der Waals surface area contributed by atoms with Crippen molar-refractivity contribution in [2.45, 2.75) is 33.1 Å². The number of halogens is 2. The van der Waals surface area contributed by atoms with E-state index in [1.807, 2.05) is 31.2 Å². The van der Waals surface area contributed by atoms with Gasteiger partial charge in [0.15, 0.2) is 11.6 Å². The van der Waals surface area contributed by atoms with Crippen LogP contribution in [0.15, 0.2) is 42.5 Å². The summed E-state index contributed by atoms with van der Waals surface area (Å²) in [6.45, 7) is 4.95. The van der Waals surface area contributed by atoms with Crippen molar-refractivity contribution in [3.8, 4) is 5.75 Å². The van der Waals surface area contributed by atoms with Gasteiger partial charge in [0.05, 0.1) is 15.7 Å². The van der Waals surface area contributed by atoms with E-state index in [0.29, 0.717) is 50.8 Å². The second kappa shape index (κ2) is 10.4. The molecule has 1 N–H and O–H groups in total. The number of hydrogen-bond donors (Lipinski definition) is 1. The molecule has 0 unspecified atom stereocenters. The predicted molar refractivity (Wildman–Crippen MR) is 133 cm³/mol. The molecule has 0 spiro atoms. The summed E-state index contributed by atoms with van der Waals surface area (Å²) in [7, 11) is 0. The summed E-state index contributed by atoms with van der Waals surface area (Å²) < 4.78 is 5.44. The molecule has 2 aromatic carbocycles. The molecule has 1 aliphatic rings. The Morgan fingerprint density at radius 1 is 1.03 bits per heavy atom. The maximum atomic E-state index is 12.5. The molecular formula is C25H24Cl2N4O3. The molecule has 0 aliphatic carbocycles. The molecule has 1 saturated heterocycles. The van der Waals surface area contributed by atoms with Gasteiger partial charge in [-0.3, -0.25) is 9.59 Å². The second-order valence-corrected chi connectivity index (χ2v) is 8.94. The standard InChI is InChI=1S/C25H24Cl2N4O3/c1-15-23(34-16(2)32)24(31-11-3-4-12-31)30-22(28-15)13-17-5-8-19(9-6-17)29-25(33)18-7-10-20(26)21(27)14-18/h5-10,14H,3-4,11-13H2,1-2H3,(H,29,33). The molecular weight excluding hydrogens is 475 g/mol. The Hall–Kier alpha value is -3.16. The number of ether oxygens (including phenoxy) is 1. The SMILES string of the molecule is CC(=O)Oc1c(C)nc(Cc2ccc(NC(=O)c3ccc(Cl)c(Cl)c3)cc2)nc1N1CCCC1. The molecule has 1 amide bonds. The van der Waals surface area contributed by atoms with Gasteiger partial charge in [-0.1, -0.05) is 35.3 Å². The number of hydrogen-bond acceptors (Lipinski definition) is 6. The first-order valence-electron chi connectivity index (χ1n) is 11.0. The minimum atomic E-state index is -0.390. The lowest BCUT2D eigenvalue weighted by molar-refractivity contribution is -0.131. The van der Waals surface area contributed by atoms with Gasteiger partial charge in [0.2, 0.25) is 0 Å². The van der Waals surface area contributed by atoms with Gasteiger partial charge < -0.3 is 15.0 Å². The van der Waals surface area contributed by atoms with Gasteiger partial charge in [-0.25, -0.2) is 9.97 Å². The van der Waals surface area contributed by atoms with Crippen LogP contribution in [0.1, 0.15) is 47.2 Å². The Kier molecular flexibility index (Phi) is 7.34. The number of nitrogens with zero attached hydrogens (tertiary/aromatic N) is 3. The molecule has 0 atom stereocenters. The zero-order valence-electron chi connectivity index (χ0n) is 18.9. The summed E-state index contributed by atoms with van der Waals surface area (Å²) in [5, 5.41) is 3.57. The fourth-order valence-corrected chi connectivity index (χ4v) is 4.12. The third-order valence-electron chi connectivity index (χ3n) is 5.47. The van der Waals surface area contributed by atoms with Crippen LogP contribution in [0.3, 0.4) is 0 Å². The van der Waals surface area contributed by atoms with E-state index in [4.69, 9.17) is 32.9 Å². The summed E-state index contributed by atoms with van der Waals surface area (Å²) in [6, 6.07) is 12.2. The molecule has 1 fully saturated rings. The maximum absolute atomic E-state index is 12.5. The van der Waals surface area contributed by atoms with Crippen LogP contribution >= 0.6 is 23.2 Å². The van der Waals surface area contributed by atoms with Gasteiger partial charge in [-0.05, 0) is 55.7 Å². The molecule has 1 aromatic heterocycles. The zero-order valence-corrected chi connectivity index (χ0v) is 20.4. The van der Waals surface area contributed by atoms with Crippen LogP contribution in [0.5, 0.6) is 5.75 Å². The average Bonchev–Trinajstić information content (AvgIpc) is 3.33. The number of nitrogens with one attached hydrogen (secondary N) is 1. The number of esters is 1. The van der Waals surface area contributed by atoms with E-state index in [2.05, 4.69) is 15.2 Å². The Morgan fingerprint density at radius 2 is 1.74 bits per heavy atom. The summed E-state index contributed by atoms with van der Waals surface area (Å²) in [5.74, 6) is 1.07. The smallest absolute Gasteiger partial charge is 0.308 e. The average molecular weight is 499 g/mol. The Labute approximate surface area is 208 Å². The van der Waals surface area contributed by atoms with Crippen LogP contribution in [-0.4, -0.2) is 34.9 Å². The fraction of sp³-hybridized carbons (Fsp3) is 0.280. The van der Waals surface area contributed by atoms with E-state index in [9.17, 15) is 9.59 Å². The van der Waals surface area contributed by atoms with E-state index in [1.54, 1.807) is 12.1 Å². The van der Waals surface area contributed by atoms with E-state index in [0.717, 1.165) is 31.5 Å². The molecule has 1 aliphatic heterocycles. The number of aryl methyl sites for hydroxylation is 1. The molecule has 2 heterocycles. The normalized spacial score (nSPS) is 13.1. The van der Waals surface area contributed by atoms with Gasteiger partial charge >= 0.3 is 5.97 Å². The van der Waals surface area contributed by atoms with Gasteiger partial charge in [-0.2, -0.15) is 0 Å². The third kappa shape index (κ3) is 5.66. The number of rotatable bonds is 6. The molecule has 0 radical (unpaired) electrons. The Balaban J connectivity index is 1.50. The number of anilines is 2. The van der Waals surface area contributed by atoms with Gasteiger partial charge in [-0.15, -0.1) is 0 Å². The van der Waals surface area contributed by atoms with Crippen LogP contribution in [-0.2, 0) is 11.2 Å². The number of carbonyl (C=O) groups is 2. The van der Waals surface area contributed by atoms with Crippen molar-refractivity contribution in [2.24, 2.45) is 0 Å². The Morgan fingerprint density at radius 3 is 2.38 bits per heavy atom. The largest absolute Gasteiger partial charge is 0.421 e. The first kappa shape index (κ1) is 24.0. The van der Waals surface area contributed by atoms with Crippen LogP contribution < -0.4 is 15.0 Å². The predicted octanol–water partition coefficient (Wildman–Crippen LogP) is 5.46. The maximum Gasteiger partial charge on any atom is 0.308 e. The number of carbonyl (C=O) groups excluding carboxylic acids is 2. The molecule has 9 heteroatoms. The lowest BCUT2D eigenvalue weighted by atomic mass is 10.1. The molecule has 176 valence electrons. The first-order valence-corrected chi connectivity index (χ1v) is 11.7. The fourth-order valence-electron chi connectivity index (χ4n) is 3.82. The quantitative estimate of drug-likeness (QED) is 0.454. The van der Waals surface area contributed by atoms with Crippen molar-refractivity contribution in [1.82, 2.24) is 9.97 Å². The van der Waals surface area contributed by atoms with Crippen molar-refractivity contribution in [3.05, 3.63) is 75.2 Å². The van der Waals surface area contributed by atoms with Crippen LogP contribution in [0.2, 0.25) is 10.0 Å². The lowest BCUT2D eigenvalue weighted by Gasteiger charge is -2.21. The molecule has 3 aromatic rings. The minimum Gasteiger partial charge on any atom is -0.421 e. The zero-order chi connectivity index (χ0) is 24.2. The van der Waals surface area contributed by atoms with Crippen molar-refractivity contribution >= 4 is 46.6 Å². The van der Waals surface area contributed by atoms with Crippen molar-refractivity contribution in [1.29, 1.82) is 0 Å². The van der Waals surface area contributed by atoms with E-state index < -0.39 is 5.97 Å². The number of benzene rings is 2. The monoisotopic (exact) mass is 498 g/mol. The van der Waals surface area contributed by atoms with E-state index in [-0.39, 0.29) is 5.91 Å². The summed E-state index contributed by atoms with van der Waals surface area (Å²) in [6.07, 6.45) is 2.66.